The summed E-state index contributed by atoms with van der Waals surface area (Å²) in [4.78, 5) is 38.0. The second-order valence-corrected chi connectivity index (χ2v) is 11.2. The van der Waals surface area contributed by atoms with Crippen molar-refractivity contribution in [3.8, 4) is 0 Å². The molecule has 2 saturated heterocycles. The maximum Gasteiger partial charge on any atom is 0.402 e. The largest absolute Gasteiger partial charge is 0.402 e. The Bertz CT molecular complexity index is 1460. The van der Waals surface area contributed by atoms with Gasteiger partial charge in [-0.3, -0.25) is 19.9 Å². The van der Waals surface area contributed by atoms with E-state index in [9.17, 15) is 22.8 Å². The Morgan fingerprint density at radius 2 is 1.79 bits per heavy atom. The highest BCUT2D eigenvalue weighted by Gasteiger charge is 2.55. The third-order valence-corrected chi connectivity index (χ3v) is 8.66. The highest BCUT2D eigenvalue weighted by Crippen LogP contribution is 2.41. The molecule has 2 amide bonds. The molecule has 12 heteroatoms. The molecule has 0 spiro atoms. The van der Waals surface area contributed by atoms with Crippen molar-refractivity contribution in [3.05, 3.63) is 89.6 Å². The zero-order valence-corrected chi connectivity index (χ0v) is 23.8. The van der Waals surface area contributed by atoms with E-state index in [0.717, 1.165) is 22.6 Å². The summed E-state index contributed by atoms with van der Waals surface area (Å²) in [6.07, 6.45) is -2.92. The second-order valence-electron chi connectivity index (χ2n) is 11.2. The standard InChI is InChI=1S/C31H34F3N7O2/c1-38(23-9-6-8-21(17-23)30(43)40-15-13-39(14-16-40)27-11-4-5-12-35-27)20-26-24-10-3-2-7-22(24)19-41(26)25-18-36-37-29(42)28(25)31(32,33)34/h2-12,17,25-26,28,36H,13-16,18-20H2,1H3,(H,37,42). The fourth-order valence-corrected chi connectivity index (χ4v) is 6.43. The van der Waals surface area contributed by atoms with E-state index in [1.807, 2.05) is 77.5 Å². The van der Waals surface area contributed by atoms with E-state index in [-0.39, 0.29) is 18.5 Å². The van der Waals surface area contributed by atoms with Gasteiger partial charge < -0.3 is 14.7 Å². The van der Waals surface area contributed by atoms with Gasteiger partial charge in [-0.1, -0.05) is 36.4 Å². The zero-order chi connectivity index (χ0) is 30.1. The van der Waals surface area contributed by atoms with E-state index in [0.29, 0.717) is 44.8 Å². The van der Waals surface area contributed by atoms with Crippen molar-refractivity contribution in [1.29, 1.82) is 0 Å². The van der Waals surface area contributed by atoms with Crippen LogP contribution in [0.15, 0.2) is 72.9 Å². The third-order valence-electron chi connectivity index (χ3n) is 8.66. The lowest BCUT2D eigenvalue weighted by Gasteiger charge is -2.42. The average molecular weight is 594 g/mol. The molecule has 3 aliphatic heterocycles. The molecular weight excluding hydrogens is 559 g/mol. The maximum absolute atomic E-state index is 14.1. The summed E-state index contributed by atoms with van der Waals surface area (Å²) in [5, 5.41) is 0. The summed E-state index contributed by atoms with van der Waals surface area (Å²) in [5.41, 5.74) is 8.05. The van der Waals surface area contributed by atoms with Gasteiger partial charge in [0.1, 0.15) is 5.82 Å². The topological polar surface area (TPSA) is 84.0 Å². The first-order valence-electron chi connectivity index (χ1n) is 14.4. The summed E-state index contributed by atoms with van der Waals surface area (Å²) < 4.78 is 42.3. The third kappa shape index (κ3) is 5.89. The van der Waals surface area contributed by atoms with Gasteiger partial charge in [-0.05, 0) is 41.5 Å². The van der Waals surface area contributed by atoms with Gasteiger partial charge in [0.25, 0.3) is 5.91 Å². The molecule has 6 rings (SSSR count). The Morgan fingerprint density at radius 3 is 2.53 bits per heavy atom. The minimum atomic E-state index is -4.68. The van der Waals surface area contributed by atoms with E-state index < -0.39 is 24.0 Å². The van der Waals surface area contributed by atoms with Crippen LogP contribution in [0.5, 0.6) is 0 Å². The molecule has 4 heterocycles. The van der Waals surface area contributed by atoms with Gasteiger partial charge in [-0.25, -0.2) is 10.4 Å². The number of pyridine rings is 1. The molecule has 0 radical (unpaired) electrons. The fourth-order valence-electron chi connectivity index (χ4n) is 6.43. The molecule has 0 aliphatic carbocycles. The van der Waals surface area contributed by atoms with E-state index in [2.05, 4.69) is 20.7 Å². The van der Waals surface area contributed by atoms with Gasteiger partial charge in [0.15, 0.2) is 5.92 Å². The molecule has 2 fully saturated rings. The number of fused-ring (bicyclic) bond motifs is 1. The molecular formula is C31H34F3N7O2. The molecule has 226 valence electrons. The predicted molar refractivity (Wildman–Crippen MR) is 156 cm³/mol. The molecule has 3 aliphatic rings. The Labute approximate surface area is 248 Å². The van der Waals surface area contributed by atoms with Crippen LogP contribution in [0.3, 0.4) is 0 Å². The number of carbonyl (C=O) groups is 2. The average Bonchev–Trinajstić information content (AvgIpc) is 3.38. The monoisotopic (exact) mass is 593 g/mol. The molecule has 1 aromatic heterocycles. The summed E-state index contributed by atoms with van der Waals surface area (Å²) >= 11 is 0. The zero-order valence-electron chi connectivity index (χ0n) is 23.8. The van der Waals surface area contributed by atoms with Crippen molar-refractivity contribution in [2.24, 2.45) is 5.92 Å². The minimum absolute atomic E-state index is 0.0261. The number of nitrogens with zero attached hydrogens (tertiary/aromatic N) is 5. The highest BCUT2D eigenvalue weighted by molar-refractivity contribution is 5.95. The molecule has 3 atom stereocenters. The number of carbonyl (C=O) groups excluding carboxylic acids is 2. The second kappa shape index (κ2) is 11.8. The number of likely N-dealkylation sites (N-methyl/N-ethyl adjacent to an activating group) is 1. The summed E-state index contributed by atoms with van der Waals surface area (Å²) in [6.45, 7) is 3.18. The van der Waals surface area contributed by atoms with Crippen molar-refractivity contribution in [2.45, 2.75) is 24.8 Å². The lowest BCUT2D eigenvalue weighted by molar-refractivity contribution is -0.202. The highest BCUT2D eigenvalue weighted by atomic mass is 19.4. The van der Waals surface area contributed by atoms with E-state index in [1.165, 1.54) is 0 Å². The van der Waals surface area contributed by atoms with Crippen molar-refractivity contribution in [1.82, 2.24) is 25.6 Å². The molecule has 3 aromatic rings. The predicted octanol–water partition coefficient (Wildman–Crippen LogP) is 3.22. The van der Waals surface area contributed by atoms with Crippen LogP contribution in [0.2, 0.25) is 0 Å². The number of nitrogens with one attached hydrogen (secondary N) is 2. The van der Waals surface area contributed by atoms with Gasteiger partial charge >= 0.3 is 6.18 Å². The smallest absolute Gasteiger partial charge is 0.373 e. The Balaban J connectivity index is 1.18. The van der Waals surface area contributed by atoms with E-state index in [1.54, 1.807) is 17.2 Å². The van der Waals surface area contributed by atoms with Gasteiger partial charge in [0, 0.05) is 76.4 Å². The first kappa shape index (κ1) is 28.9. The Morgan fingerprint density at radius 1 is 1.02 bits per heavy atom. The molecule has 0 bridgehead atoms. The van der Waals surface area contributed by atoms with Crippen LogP contribution in [-0.4, -0.2) is 85.1 Å². The first-order chi connectivity index (χ1) is 20.7. The van der Waals surface area contributed by atoms with Crippen LogP contribution < -0.4 is 20.7 Å². The summed E-state index contributed by atoms with van der Waals surface area (Å²) in [6, 6.07) is 19.3. The summed E-state index contributed by atoms with van der Waals surface area (Å²) in [5.74, 6) is -2.38. The lowest BCUT2D eigenvalue weighted by atomic mass is 9.93. The molecule has 43 heavy (non-hydrogen) atoms. The Hall–Kier alpha value is -4.16. The number of piperazine rings is 1. The van der Waals surface area contributed by atoms with Gasteiger partial charge in [-0.15, -0.1) is 0 Å². The number of anilines is 2. The lowest BCUT2D eigenvalue weighted by Crippen LogP contribution is -2.64. The van der Waals surface area contributed by atoms with E-state index in [4.69, 9.17) is 0 Å². The van der Waals surface area contributed by atoms with Crippen molar-refractivity contribution in [3.63, 3.8) is 0 Å². The van der Waals surface area contributed by atoms with Crippen molar-refractivity contribution < 1.29 is 22.8 Å². The number of hydrogen-bond acceptors (Lipinski definition) is 7. The summed E-state index contributed by atoms with van der Waals surface area (Å²) in [7, 11) is 1.88. The normalized spacial score (nSPS) is 22.7. The van der Waals surface area contributed by atoms with Gasteiger partial charge in [0.05, 0.1) is 6.04 Å². The number of rotatable bonds is 6. The number of halogens is 3. The van der Waals surface area contributed by atoms with E-state index >= 15 is 0 Å². The number of benzene rings is 2. The Kier molecular flexibility index (Phi) is 7.97. The van der Waals surface area contributed by atoms with Crippen LogP contribution in [0.1, 0.15) is 27.5 Å². The van der Waals surface area contributed by atoms with Crippen LogP contribution in [-0.2, 0) is 11.3 Å². The minimum Gasteiger partial charge on any atom is -0.373 e. The van der Waals surface area contributed by atoms with Crippen molar-refractivity contribution in [2.75, 3.05) is 56.1 Å². The fraction of sp³-hybridized carbons (Fsp3) is 0.387. The number of amides is 2. The van der Waals surface area contributed by atoms with Crippen LogP contribution in [0, 0.1) is 5.92 Å². The van der Waals surface area contributed by atoms with Gasteiger partial charge in [0.2, 0.25) is 5.91 Å². The first-order valence-corrected chi connectivity index (χ1v) is 14.4. The number of hydrazine groups is 1. The quantitative estimate of drug-likeness (QED) is 0.454. The SMILES string of the molecule is CN(CC1c2ccccc2CN1C1CNNC(=O)C1C(F)(F)F)c1cccc(C(=O)N2CCN(c3ccccn3)CC2)c1. The number of alkyl halides is 3. The van der Waals surface area contributed by atoms with Crippen LogP contribution in [0.4, 0.5) is 24.7 Å². The molecule has 3 unspecified atom stereocenters. The molecule has 2 N–H and O–H groups in total. The maximum atomic E-state index is 14.1. The molecule has 2 aromatic carbocycles. The number of hydrogen-bond donors (Lipinski definition) is 2. The van der Waals surface area contributed by atoms with Gasteiger partial charge in [-0.2, -0.15) is 13.2 Å². The van der Waals surface area contributed by atoms with Crippen LogP contribution in [0.25, 0.3) is 0 Å². The molecule has 9 nitrogen and oxygen atoms in total. The number of aromatic nitrogens is 1. The van der Waals surface area contributed by atoms with Crippen LogP contribution >= 0.6 is 0 Å². The van der Waals surface area contributed by atoms with Crippen molar-refractivity contribution >= 4 is 23.3 Å². The molecule has 0 saturated carbocycles.